The van der Waals surface area contributed by atoms with Gasteiger partial charge in [-0.15, -0.1) is 11.3 Å². The smallest absolute Gasteiger partial charge is 0.345 e. The molecule has 2 N–H and O–H groups in total. The number of pyridine rings is 1. The zero-order valence-corrected chi connectivity index (χ0v) is 9.49. The Morgan fingerprint density at radius 2 is 2.06 bits per heavy atom. The highest BCUT2D eigenvalue weighted by atomic mass is 32.1. The van der Waals surface area contributed by atoms with Gasteiger partial charge in [0.25, 0.3) is 0 Å². The largest absolute Gasteiger partial charge is 0.477 e. The van der Waals surface area contributed by atoms with Gasteiger partial charge in [0.15, 0.2) is 0 Å². The van der Waals surface area contributed by atoms with Crippen LogP contribution in [0.3, 0.4) is 0 Å². The number of carboxylic acids is 1. The van der Waals surface area contributed by atoms with Gasteiger partial charge in [0.1, 0.15) is 9.71 Å². The maximum atomic E-state index is 10.8. The summed E-state index contributed by atoms with van der Waals surface area (Å²) in [5.74, 6) is -0.884. The number of nitrogens with one attached hydrogen (secondary N) is 1. The molecule has 5 heteroatoms. The van der Waals surface area contributed by atoms with Crippen LogP contribution in [0.15, 0.2) is 36.7 Å². The van der Waals surface area contributed by atoms with Crippen molar-refractivity contribution in [3.63, 3.8) is 0 Å². The lowest BCUT2D eigenvalue weighted by molar-refractivity contribution is 0.0702. The van der Waals surface area contributed by atoms with E-state index in [0.29, 0.717) is 4.88 Å². The van der Waals surface area contributed by atoms with E-state index in [1.807, 2.05) is 18.2 Å². The molecule has 0 unspecified atom stereocenters. The monoisotopic (exact) mass is 244 g/mol. The first-order chi connectivity index (χ1) is 8.24. The van der Waals surface area contributed by atoms with Gasteiger partial charge >= 0.3 is 5.97 Å². The van der Waals surface area contributed by atoms with E-state index < -0.39 is 5.97 Å². The Kier molecular flexibility index (Phi) is 2.19. The van der Waals surface area contributed by atoms with Crippen molar-refractivity contribution in [3.8, 4) is 11.3 Å². The van der Waals surface area contributed by atoms with E-state index in [9.17, 15) is 4.79 Å². The maximum Gasteiger partial charge on any atom is 0.345 e. The Bertz CT molecular complexity index is 653. The topological polar surface area (TPSA) is 66.0 Å². The van der Waals surface area contributed by atoms with E-state index in [4.69, 9.17) is 5.11 Å². The van der Waals surface area contributed by atoms with E-state index >= 15 is 0 Å². The Morgan fingerprint density at radius 3 is 2.71 bits per heavy atom. The first kappa shape index (κ1) is 10.0. The van der Waals surface area contributed by atoms with E-state index in [-0.39, 0.29) is 0 Å². The van der Waals surface area contributed by atoms with Gasteiger partial charge in [0, 0.05) is 29.0 Å². The van der Waals surface area contributed by atoms with Gasteiger partial charge in [0.05, 0.1) is 0 Å². The molecule has 3 aromatic rings. The van der Waals surface area contributed by atoms with Crippen LogP contribution in [0.2, 0.25) is 0 Å². The summed E-state index contributed by atoms with van der Waals surface area (Å²) < 4.78 is 0. The summed E-state index contributed by atoms with van der Waals surface area (Å²) in [5, 5.41) is 9.81. The normalized spacial score (nSPS) is 10.8. The summed E-state index contributed by atoms with van der Waals surface area (Å²) in [6.45, 7) is 0. The van der Waals surface area contributed by atoms with E-state index in [0.717, 1.165) is 21.5 Å². The van der Waals surface area contributed by atoms with Crippen molar-refractivity contribution in [2.24, 2.45) is 0 Å². The Balaban J connectivity index is 2.10. The fourth-order valence-corrected chi connectivity index (χ4v) is 2.61. The number of hydrogen-bond donors (Lipinski definition) is 2. The first-order valence-corrected chi connectivity index (χ1v) is 5.82. The van der Waals surface area contributed by atoms with Gasteiger partial charge in [-0.25, -0.2) is 4.79 Å². The average molecular weight is 244 g/mol. The van der Waals surface area contributed by atoms with E-state index in [2.05, 4.69) is 9.97 Å². The lowest BCUT2D eigenvalue weighted by Crippen LogP contribution is -1.89. The zero-order chi connectivity index (χ0) is 11.8. The molecule has 0 saturated heterocycles. The van der Waals surface area contributed by atoms with Gasteiger partial charge < -0.3 is 10.1 Å². The molecule has 0 saturated carbocycles. The summed E-state index contributed by atoms with van der Waals surface area (Å²) in [7, 11) is 0. The van der Waals surface area contributed by atoms with Crippen LogP contribution in [0.4, 0.5) is 0 Å². The SMILES string of the molecule is O=C(O)c1cc2cc(-c3ccncc3)[nH]c2s1. The number of nitrogens with zero attached hydrogens (tertiary/aromatic N) is 1. The van der Waals surface area contributed by atoms with Crippen molar-refractivity contribution >= 4 is 27.5 Å². The molecule has 0 spiro atoms. The number of thiophene rings is 1. The van der Waals surface area contributed by atoms with Crippen LogP contribution in [-0.4, -0.2) is 21.0 Å². The highest BCUT2D eigenvalue weighted by Crippen LogP contribution is 2.29. The number of aromatic carboxylic acids is 1. The zero-order valence-electron chi connectivity index (χ0n) is 8.68. The minimum absolute atomic E-state index is 0.354. The number of hydrogen-bond acceptors (Lipinski definition) is 3. The molecule has 3 aromatic heterocycles. The number of aromatic amines is 1. The predicted octanol–water partition coefficient (Wildman–Crippen LogP) is 2.99. The van der Waals surface area contributed by atoms with Gasteiger partial charge in [-0.3, -0.25) is 4.98 Å². The highest BCUT2D eigenvalue weighted by Gasteiger charge is 2.11. The number of H-pyrrole nitrogens is 1. The summed E-state index contributed by atoms with van der Waals surface area (Å²) >= 11 is 1.25. The lowest BCUT2D eigenvalue weighted by Gasteiger charge is -1.94. The maximum absolute atomic E-state index is 10.8. The Labute approximate surface area is 101 Å². The minimum atomic E-state index is -0.884. The number of fused-ring (bicyclic) bond motifs is 1. The van der Waals surface area contributed by atoms with Crippen LogP contribution in [0.5, 0.6) is 0 Å². The Morgan fingerprint density at radius 1 is 1.29 bits per heavy atom. The van der Waals surface area contributed by atoms with Crippen LogP contribution < -0.4 is 0 Å². The fraction of sp³-hybridized carbons (Fsp3) is 0. The molecule has 0 radical (unpaired) electrons. The third-order valence-electron chi connectivity index (χ3n) is 2.51. The molecule has 0 aliphatic heterocycles. The van der Waals surface area contributed by atoms with Crippen LogP contribution in [0, 0.1) is 0 Å². The molecule has 0 aromatic carbocycles. The molecule has 4 nitrogen and oxygen atoms in total. The molecule has 84 valence electrons. The second kappa shape index (κ2) is 3.71. The summed E-state index contributed by atoms with van der Waals surface area (Å²) in [6, 6.07) is 7.46. The van der Waals surface area contributed by atoms with Gasteiger partial charge in [0.2, 0.25) is 0 Å². The summed E-state index contributed by atoms with van der Waals surface area (Å²) in [4.78, 5) is 19.2. The molecule has 0 amide bonds. The number of aromatic nitrogens is 2. The van der Waals surface area contributed by atoms with E-state index in [1.54, 1.807) is 18.5 Å². The standard InChI is InChI=1S/C12H8N2O2S/c15-12(16)10-6-8-5-9(14-11(8)17-10)7-1-3-13-4-2-7/h1-6,14H,(H,15,16). The van der Waals surface area contributed by atoms with Crippen molar-refractivity contribution in [2.45, 2.75) is 0 Å². The average Bonchev–Trinajstić information content (AvgIpc) is 2.87. The molecule has 3 heterocycles. The van der Waals surface area contributed by atoms with Crippen LogP contribution >= 0.6 is 11.3 Å². The van der Waals surface area contributed by atoms with Crippen LogP contribution in [0.1, 0.15) is 9.67 Å². The fourth-order valence-electron chi connectivity index (χ4n) is 1.72. The second-order valence-corrected chi connectivity index (χ2v) is 4.67. The van der Waals surface area contributed by atoms with Crippen LogP contribution in [0.25, 0.3) is 21.5 Å². The van der Waals surface area contributed by atoms with Gasteiger partial charge in [-0.1, -0.05) is 0 Å². The molecule has 17 heavy (non-hydrogen) atoms. The van der Waals surface area contributed by atoms with Crippen molar-refractivity contribution in [1.82, 2.24) is 9.97 Å². The third kappa shape index (κ3) is 1.70. The molecular weight excluding hydrogens is 236 g/mol. The number of rotatable bonds is 2. The molecule has 3 rings (SSSR count). The number of carboxylic acid groups (broad SMARTS) is 1. The highest BCUT2D eigenvalue weighted by molar-refractivity contribution is 7.20. The molecule has 0 fully saturated rings. The third-order valence-corrected chi connectivity index (χ3v) is 3.57. The first-order valence-electron chi connectivity index (χ1n) is 5.00. The molecule has 0 bridgehead atoms. The van der Waals surface area contributed by atoms with Crippen molar-refractivity contribution in [3.05, 3.63) is 41.5 Å². The molecular formula is C12H8N2O2S. The van der Waals surface area contributed by atoms with Crippen LogP contribution in [-0.2, 0) is 0 Å². The van der Waals surface area contributed by atoms with Crippen molar-refractivity contribution < 1.29 is 9.90 Å². The molecule has 0 aliphatic carbocycles. The minimum Gasteiger partial charge on any atom is -0.477 e. The molecule has 0 atom stereocenters. The quantitative estimate of drug-likeness (QED) is 0.728. The summed E-state index contributed by atoms with van der Waals surface area (Å²) in [5.41, 5.74) is 2.02. The predicted molar refractivity (Wildman–Crippen MR) is 66.4 cm³/mol. The van der Waals surface area contributed by atoms with Crippen molar-refractivity contribution in [1.29, 1.82) is 0 Å². The van der Waals surface area contributed by atoms with E-state index in [1.165, 1.54) is 11.3 Å². The second-order valence-electron chi connectivity index (χ2n) is 3.62. The Hall–Kier alpha value is -2.14. The lowest BCUT2D eigenvalue weighted by atomic mass is 10.2. The number of carbonyl (C=O) groups is 1. The summed E-state index contributed by atoms with van der Waals surface area (Å²) in [6.07, 6.45) is 3.46. The van der Waals surface area contributed by atoms with Crippen molar-refractivity contribution in [2.75, 3.05) is 0 Å². The van der Waals surface area contributed by atoms with Gasteiger partial charge in [-0.2, -0.15) is 0 Å². The van der Waals surface area contributed by atoms with Gasteiger partial charge in [-0.05, 0) is 24.3 Å². The molecule has 0 aliphatic rings.